The fourth-order valence-electron chi connectivity index (χ4n) is 8.33. The number of hydrogen-bond acceptors (Lipinski definition) is 7. The molecule has 0 aromatic rings. The Balaban J connectivity index is 1.59. The third-order valence-corrected chi connectivity index (χ3v) is 9.59. The minimum absolute atomic E-state index is 0.162. The molecule has 0 N–H and O–H groups in total. The van der Waals surface area contributed by atoms with E-state index in [4.69, 9.17) is 14.2 Å². The molecule has 0 radical (unpaired) electrons. The minimum atomic E-state index is -1.50. The second-order valence-electron chi connectivity index (χ2n) is 11.1. The molecular formula is C26H31FO7. The predicted molar refractivity (Wildman–Crippen MR) is 117 cm³/mol. The number of Topliss-reactive ketones (excluding diaryl/α,β-unsaturated/α-hetero) is 1. The van der Waals surface area contributed by atoms with E-state index in [0.29, 0.717) is 18.4 Å². The monoisotopic (exact) mass is 474 g/mol. The fraction of sp³-hybridized carbons (Fsp3) is 0.692. The van der Waals surface area contributed by atoms with Crippen LogP contribution < -0.4 is 0 Å². The Morgan fingerprint density at radius 3 is 2.50 bits per heavy atom. The lowest BCUT2D eigenvalue weighted by molar-refractivity contribution is -0.193. The summed E-state index contributed by atoms with van der Waals surface area (Å²) in [5.74, 6) is -2.59. The van der Waals surface area contributed by atoms with E-state index in [9.17, 15) is 19.2 Å². The number of allylic oxidation sites excluding steroid dienone is 2. The summed E-state index contributed by atoms with van der Waals surface area (Å²) in [5, 5.41) is 0. The summed E-state index contributed by atoms with van der Waals surface area (Å²) in [6.07, 6.45) is 4.27. The number of hydrogen-bond donors (Lipinski definition) is 0. The number of carbonyl (C=O) groups is 4. The normalized spacial score (nSPS) is 48.0. The van der Waals surface area contributed by atoms with Crippen LogP contribution in [0.15, 0.2) is 23.8 Å². The lowest BCUT2D eigenvalue weighted by atomic mass is 9.46. The number of carbonyl (C=O) groups excluding carboxylic acids is 4. The van der Waals surface area contributed by atoms with Crippen LogP contribution in [0.1, 0.15) is 53.9 Å². The van der Waals surface area contributed by atoms with Gasteiger partial charge in [0.15, 0.2) is 18.0 Å². The Hall–Kier alpha value is -2.35. The number of ether oxygens (including phenoxy) is 3. The third kappa shape index (κ3) is 2.66. The first-order valence-electron chi connectivity index (χ1n) is 12.0. The van der Waals surface area contributed by atoms with Gasteiger partial charge in [0.05, 0.1) is 6.10 Å². The van der Waals surface area contributed by atoms with Crippen molar-refractivity contribution >= 4 is 23.5 Å². The summed E-state index contributed by atoms with van der Waals surface area (Å²) in [6, 6.07) is 0. The first-order valence-corrected chi connectivity index (χ1v) is 12.0. The van der Waals surface area contributed by atoms with Gasteiger partial charge in [-0.15, -0.1) is 0 Å². The van der Waals surface area contributed by atoms with Crippen molar-refractivity contribution in [3.63, 3.8) is 0 Å². The van der Waals surface area contributed by atoms with Crippen LogP contribution in [-0.2, 0) is 33.4 Å². The fourth-order valence-corrected chi connectivity index (χ4v) is 8.33. The maximum atomic E-state index is 15.6. The highest BCUT2D eigenvalue weighted by atomic mass is 19.1. The number of esters is 2. The Kier molecular flexibility index (Phi) is 4.88. The zero-order valence-corrected chi connectivity index (χ0v) is 20.2. The molecule has 5 rings (SSSR count). The molecule has 184 valence electrons. The molecule has 4 fully saturated rings. The molecule has 1 heterocycles. The highest BCUT2D eigenvalue weighted by molar-refractivity contribution is 6.01. The van der Waals surface area contributed by atoms with E-state index in [-0.39, 0.29) is 36.1 Å². The molecule has 34 heavy (non-hydrogen) atoms. The van der Waals surface area contributed by atoms with Gasteiger partial charge in [-0.1, -0.05) is 19.9 Å². The maximum Gasteiger partial charge on any atom is 0.303 e. The average Bonchev–Trinajstić information content (AvgIpc) is 3.42. The summed E-state index contributed by atoms with van der Waals surface area (Å²) in [7, 11) is 0. The Labute approximate surface area is 198 Å². The predicted octanol–water partition coefficient (Wildman–Crippen LogP) is 3.05. The van der Waals surface area contributed by atoms with Crippen LogP contribution in [0.2, 0.25) is 0 Å². The molecule has 3 saturated carbocycles. The molecular weight excluding hydrogens is 443 g/mol. The second kappa shape index (κ2) is 7.09. The van der Waals surface area contributed by atoms with Gasteiger partial charge in [-0.3, -0.25) is 19.2 Å². The van der Waals surface area contributed by atoms with Crippen molar-refractivity contribution in [2.45, 2.75) is 77.4 Å². The van der Waals surface area contributed by atoms with Gasteiger partial charge in [-0.25, -0.2) is 4.39 Å². The third-order valence-electron chi connectivity index (χ3n) is 9.59. The first kappa shape index (κ1) is 23.4. The van der Waals surface area contributed by atoms with Gasteiger partial charge in [0, 0.05) is 30.6 Å². The SMILES string of the molecule is CC(=O)OCC(=O)[C@@]1(OC(C)=O)[C@@H](C)C[C@H]2[C@@H]3C[C@H](F)C4=CC(=O)C=C[C@]4(C)[C@@]34O[C@H]4C[C@@]21C. The standard InChI is InChI=1S/C26H31FO7/c1-13-8-17-18-10-20(27)19-9-16(30)6-7-23(19,4)26(18)22(34-26)11-24(17,5)25(13,33-15(3)29)21(31)12-32-14(2)28/h6-7,9,13,17-18,20,22H,8,10-12H2,1-5H3/t13-,17-,18-,20-,22-,23-,24-,25-,26+/m0/s1. The van der Waals surface area contributed by atoms with E-state index in [1.54, 1.807) is 6.08 Å². The van der Waals surface area contributed by atoms with Gasteiger partial charge in [-0.2, -0.15) is 0 Å². The number of alkyl halides is 1. The lowest BCUT2D eigenvalue weighted by Gasteiger charge is -2.56. The molecule has 4 aliphatic carbocycles. The van der Waals surface area contributed by atoms with Crippen LogP contribution in [0.25, 0.3) is 0 Å². The highest BCUT2D eigenvalue weighted by Crippen LogP contribution is 2.77. The van der Waals surface area contributed by atoms with Crippen molar-refractivity contribution in [3.8, 4) is 0 Å². The van der Waals surface area contributed by atoms with Crippen molar-refractivity contribution in [2.24, 2.45) is 28.6 Å². The quantitative estimate of drug-likeness (QED) is 0.456. The topological polar surface area (TPSA) is 99.3 Å². The van der Waals surface area contributed by atoms with Crippen LogP contribution in [0.3, 0.4) is 0 Å². The Morgan fingerprint density at radius 2 is 1.85 bits per heavy atom. The molecule has 0 aromatic carbocycles. The first-order chi connectivity index (χ1) is 15.8. The van der Waals surface area contributed by atoms with Gasteiger partial charge < -0.3 is 14.2 Å². The molecule has 0 aromatic heterocycles. The van der Waals surface area contributed by atoms with Crippen LogP contribution in [0, 0.1) is 28.6 Å². The van der Waals surface area contributed by atoms with Crippen LogP contribution in [-0.4, -0.2) is 53.6 Å². The van der Waals surface area contributed by atoms with E-state index in [1.807, 2.05) is 20.8 Å². The van der Waals surface area contributed by atoms with E-state index in [2.05, 4.69) is 0 Å². The second-order valence-corrected chi connectivity index (χ2v) is 11.1. The molecule has 1 spiro atoms. The van der Waals surface area contributed by atoms with Crippen molar-refractivity contribution in [1.29, 1.82) is 0 Å². The smallest absolute Gasteiger partial charge is 0.303 e. The average molecular weight is 475 g/mol. The molecule has 8 heteroatoms. The van der Waals surface area contributed by atoms with E-state index in [1.165, 1.54) is 26.0 Å². The van der Waals surface area contributed by atoms with Crippen LogP contribution >= 0.6 is 0 Å². The molecule has 0 bridgehead atoms. The van der Waals surface area contributed by atoms with Crippen molar-refractivity contribution < 1.29 is 37.8 Å². The zero-order chi connectivity index (χ0) is 24.8. The molecule has 1 saturated heterocycles. The number of epoxide rings is 1. The Morgan fingerprint density at radius 1 is 1.15 bits per heavy atom. The van der Waals surface area contributed by atoms with Crippen molar-refractivity contribution in [2.75, 3.05) is 6.61 Å². The molecule has 9 atom stereocenters. The van der Waals surface area contributed by atoms with Crippen molar-refractivity contribution in [3.05, 3.63) is 23.8 Å². The van der Waals surface area contributed by atoms with E-state index < -0.39 is 52.5 Å². The number of fused-ring (bicyclic) bond motifs is 3. The Bertz CT molecular complexity index is 1060. The molecule has 7 nitrogen and oxygen atoms in total. The van der Waals surface area contributed by atoms with Gasteiger partial charge in [0.25, 0.3) is 0 Å². The number of rotatable bonds is 4. The molecule has 5 aliphatic rings. The van der Waals surface area contributed by atoms with Crippen LogP contribution in [0.4, 0.5) is 4.39 Å². The number of ketones is 2. The largest absolute Gasteiger partial charge is 0.458 e. The summed E-state index contributed by atoms with van der Waals surface area (Å²) in [4.78, 5) is 49.4. The molecule has 0 amide bonds. The van der Waals surface area contributed by atoms with Crippen LogP contribution in [0.5, 0.6) is 0 Å². The van der Waals surface area contributed by atoms with Gasteiger partial charge >= 0.3 is 11.9 Å². The summed E-state index contributed by atoms with van der Waals surface area (Å²) in [5.41, 5.74) is -3.28. The summed E-state index contributed by atoms with van der Waals surface area (Å²) in [6.45, 7) is 7.75. The van der Waals surface area contributed by atoms with E-state index >= 15 is 4.39 Å². The van der Waals surface area contributed by atoms with Crippen molar-refractivity contribution in [1.82, 2.24) is 0 Å². The zero-order valence-electron chi connectivity index (χ0n) is 20.2. The summed E-state index contributed by atoms with van der Waals surface area (Å²) >= 11 is 0. The van der Waals surface area contributed by atoms with Gasteiger partial charge in [0.2, 0.25) is 5.78 Å². The summed E-state index contributed by atoms with van der Waals surface area (Å²) < 4.78 is 33.0. The maximum absolute atomic E-state index is 15.6. The number of halogens is 1. The lowest BCUT2D eigenvalue weighted by Crippen LogP contribution is -2.64. The molecule has 1 aliphatic heterocycles. The van der Waals surface area contributed by atoms with Gasteiger partial charge in [0.1, 0.15) is 11.8 Å². The minimum Gasteiger partial charge on any atom is -0.458 e. The highest BCUT2D eigenvalue weighted by Gasteiger charge is 2.83. The van der Waals surface area contributed by atoms with E-state index in [0.717, 1.165) is 0 Å². The van der Waals surface area contributed by atoms with Gasteiger partial charge in [-0.05, 0) is 55.7 Å². The molecule has 0 unspecified atom stereocenters.